The normalized spacial score (nSPS) is 19.2. The third kappa shape index (κ3) is 4.60. The predicted molar refractivity (Wildman–Crippen MR) is 91.5 cm³/mol. The maximum absolute atomic E-state index is 12.5. The molecule has 0 spiro atoms. The summed E-state index contributed by atoms with van der Waals surface area (Å²) in [6, 6.07) is 3.58. The predicted octanol–water partition coefficient (Wildman–Crippen LogP) is 0.559. The molecule has 1 atom stereocenters. The van der Waals surface area contributed by atoms with E-state index in [-0.39, 0.29) is 12.5 Å². The zero-order chi connectivity index (χ0) is 17.7. The highest BCUT2D eigenvalue weighted by Gasteiger charge is 2.28. The number of rotatable bonds is 7. The van der Waals surface area contributed by atoms with E-state index in [2.05, 4.69) is 24.9 Å². The molecule has 1 fully saturated rings. The van der Waals surface area contributed by atoms with E-state index in [9.17, 15) is 8.42 Å². The van der Waals surface area contributed by atoms with Gasteiger partial charge in [0.05, 0.1) is 13.2 Å². The second kappa shape index (κ2) is 8.00. The molecule has 1 aliphatic heterocycles. The molecule has 1 saturated heterocycles. The maximum atomic E-state index is 12.5. The Morgan fingerprint density at radius 2 is 2.20 bits per heavy atom. The fraction of sp³-hybridized carbons (Fsp3) is 0.533. The van der Waals surface area contributed by atoms with Gasteiger partial charge >= 0.3 is 0 Å². The minimum Gasteiger partial charge on any atom is -0.384 e. The molecule has 3 heterocycles. The summed E-state index contributed by atoms with van der Waals surface area (Å²) < 4.78 is 34.2. The summed E-state index contributed by atoms with van der Waals surface area (Å²) in [5.74, 6) is 1.20. The van der Waals surface area contributed by atoms with Crippen molar-refractivity contribution in [3.63, 3.8) is 0 Å². The van der Waals surface area contributed by atoms with E-state index < -0.39 is 10.2 Å². The van der Waals surface area contributed by atoms with Gasteiger partial charge in [0, 0.05) is 38.2 Å². The first-order chi connectivity index (χ1) is 12.1. The van der Waals surface area contributed by atoms with Crippen LogP contribution in [-0.4, -0.2) is 59.7 Å². The van der Waals surface area contributed by atoms with Crippen LogP contribution in [0.3, 0.4) is 0 Å². The summed E-state index contributed by atoms with van der Waals surface area (Å²) in [4.78, 5) is 8.26. The summed E-state index contributed by atoms with van der Waals surface area (Å²) in [6.07, 6.45) is 5.13. The van der Waals surface area contributed by atoms with E-state index >= 15 is 0 Å². The van der Waals surface area contributed by atoms with Gasteiger partial charge in [-0.05, 0) is 30.9 Å². The fourth-order valence-electron chi connectivity index (χ4n) is 2.87. The molecule has 2 aromatic rings. The SMILES string of the molecule is COCC1CCCN(S(=O)(=O)NCc2nc(-c3ccncc3)n[nH]2)C1. The molecule has 10 heteroatoms. The van der Waals surface area contributed by atoms with Gasteiger partial charge < -0.3 is 4.74 Å². The Hall–Kier alpha value is -1.88. The van der Waals surface area contributed by atoms with Gasteiger partial charge in [-0.1, -0.05) is 0 Å². The maximum Gasteiger partial charge on any atom is 0.279 e. The van der Waals surface area contributed by atoms with E-state index in [1.165, 1.54) is 4.31 Å². The summed E-state index contributed by atoms with van der Waals surface area (Å²) in [6.45, 7) is 1.63. The lowest BCUT2D eigenvalue weighted by molar-refractivity contribution is 0.118. The van der Waals surface area contributed by atoms with Crippen LogP contribution in [0.2, 0.25) is 0 Å². The van der Waals surface area contributed by atoms with Crippen LogP contribution < -0.4 is 4.72 Å². The Labute approximate surface area is 147 Å². The molecule has 0 saturated carbocycles. The Kier molecular flexibility index (Phi) is 5.74. The number of aromatic nitrogens is 4. The monoisotopic (exact) mass is 366 g/mol. The van der Waals surface area contributed by atoms with Gasteiger partial charge in [0.2, 0.25) is 0 Å². The van der Waals surface area contributed by atoms with Crippen molar-refractivity contribution in [1.82, 2.24) is 29.2 Å². The average molecular weight is 366 g/mol. The van der Waals surface area contributed by atoms with Gasteiger partial charge in [-0.25, -0.2) is 4.98 Å². The molecule has 0 aliphatic carbocycles. The molecule has 0 amide bonds. The summed E-state index contributed by atoms with van der Waals surface area (Å²) >= 11 is 0. The van der Waals surface area contributed by atoms with Crippen LogP contribution in [0, 0.1) is 5.92 Å². The number of hydrogen-bond donors (Lipinski definition) is 2. The Morgan fingerprint density at radius 3 is 2.96 bits per heavy atom. The molecule has 136 valence electrons. The smallest absolute Gasteiger partial charge is 0.279 e. The Morgan fingerprint density at radius 1 is 1.40 bits per heavy atom. The molecular formula is C15H22N6O3S. The third-order valence-electron chi connectivity index (χ3n) is 4.12. The quantitative estimate of drug-likeness (QED) is 0.740. The molecule has 0 radical (unpaired) electrons. The van der Waals surface area contributed by atoms with E-state index in [0.717, 1.165) is 18.4 Å². The van der Waals surface area contributed by atoms with E-state index in [1.54, 1.807) is 31.6 Å². The lowest BCUT2D eigenvalue weighted by Crippen LogP contribution is -2.46. The molecule has 2 N–H and O–H groups in total. The van der Waals surface area contributed by atoms with Crippen molar-refractivity contribution in [2.45, 2.75) is 19.4 Å². The number of nitrogens with zero attached hydrogens (tertiary/aromatic N) is 4. The molecule has 0 aromatic carbocycles. The molecule has 1 aliphatic rings. The number of aromatic amines is 1. The van der Waals surface area contributed by atoms with Gasteiger partial charge in [-0.2, -0.15) is 22.5 Å². The second-order valence-electron chi connectivity index (χ2n) is 5.99. The number of piperidine rings is 1. The minimum absolute atomic E-state index is 0.0614. The second-order valence-corrected chi connectivity index (χ2v) is 7.74. The van der Waals surface area contributed by atoms with E-state index in [4.69, 9.17) is 4.74 Å². The van der Waals surface area contributed by atoms with Crippen LogP contribution in [0.4, 0.5) is 0 Å². The van der Waals surface area contributed by atoms with Crippen molar-refractivity contribution in [2.24, 2.45) is 5.92 Å². The summed E-state index contributed by atoms with van der Waals surface area (Å²) in [7, 11) is -1.92. The van der Waals surface area contributed by atoms with Gasteiger partial charge in [0.15, 0.2) is 5.82 Å². The fourth-order valence-corrected chi connectivity index (χ4v) is 4.15. The van der Waals surface area contributed by atoms with Gasteiger partial charge in [0.25, 0.3) is 10.2 Å². The Bertz CT molecular complexity index is 778. The number of pyridine rings is 1. The van der Waals surface area contributed by atoms with Crippen molar-refractivity contribution in [2.75, 3.05) is 26.8 Å². The summed E-state index contributed by atoms with van der Waals surface area (Å²) in [5.41, 5.74) is 0.818. The lowest BCUT2D eigenvalue weighted by Gasteiger charge is -2.31. The van der Waals surface area contributed by atoms with Crippen LogP contribution in [0.5, 0.6) is 0 Å². The standard InChI is InChI=1S/C15H22N6O3S/c1-24-11-12-3-2-8-21(10-12)25(22,23)17-9-14-18-15(20-19-14)13-4-6-16-7-5-13/h4-7,12,17H,2-3,8-11H2,1H3,(H,18,19,20). The lowest BCUT2D eigenvalue weighted by atomic mass is 10.0. The zero-order valence-electron chi connectivity index (χ0n) is 14.1. The van der Waals surface area contributed by atoms with E-state index in [1.807, 2.05) is 0 Å². The molecular weight excluding hydrogens is 344 g/mol. The summed E-state index contributed by atoms with van der Waals surface area (Å²) in [5, 5.41) is 6.87. The van der Waals surface area contributed by atoms with Crippen LogP contribution in [0.25, 0.3) is 11.4 Å². The highest BCUT2D eigenvalue weighted by Crippen LogP contribution is 2.19. The molecule has 9 nitrogen and oxygen atoms in total. The van der Waals surface area contributed by atoms with Crippen molar-refractivity contribution in [1.29, 1.82) is 0 Å². The number of methoxy groups -OCH3 is 1. The van der Waals surface area contributed by atoms with Crippen LogP contribution >= 0.6 is 0 Å². The Balaban J connectivity index is 1.60. The molecule has 0 bridgehead atoms. The van der Waals surface area contributed by atoms with Crippen LogP contribution in [0.15, 0.2) is 24.5 Å². The largest absolute Gasteiger partial charge is 0.384 e. The third-order valence-corrected chi connectivity index (χ3v) is 5.64. The molecule has 2 aromatic heterocycles. The molecule has 1 unspecified atom stereocenters. The van der Waals surface area contributed by atoms with E-state index in [0.29, 0.717) is 31.3 Å². The highest BCUT2D eigenvalue weighted by atomic mass is 32.2. The van der Waals surface area contributed by atoms with Crippen molar-refractivity contribution >= 4 is 10.2 Å². The topological polar surface area (TPSA) is 113 Å². The van der Waals surface area contributed by atoms with Crippen LogP contribution in [-0.2, 0) is 21.5 Å². The van der Waals surface area contributed by atoms with Gasteiger partial charge in [-0.15, -0.1) is 0 Å². The zero-order valence-corrected chi connectivity index (χ0v) is 14.9. The van der Waals surface area contributed by atoms with Crippen molar-refractivity contribution in [3.8, 4) is 11.4 Å². The number of H-pyrrole nitrogens is 1. The van der Waals surface area contributed by atoms with Gasteiger partial charge in [0.1, 0.15) is 5.82 Å². The van der Waals surface area contributed by atoms with Gasteiger partial charge in [-0.3, -0.25) is 10.1 Å². The molecule has 3 rings (SSSR count). The number of hydrogen-bond acceptors (Lipinski definition) is 6. The number of ether oxygens (including phenoxy) is 1. The van der Waals surface area contributed by atoms with Crippen LogP contribution in [0.1, 0.15) is 18.7 Å². The highest BCUT2D eigenvalue weighted by molar-refractivity contribution is 7.87. The first-order valence-electron chi connectivity index (χ1n) is 8.14. The number of nitrogens with one attached hydrogen (secondary N) is 2. The average Bonchev–Trinajstić information content (AvgIpc) is 3.11. The first kappa shape index (κ1) is 17.9. The minimum atomic E-state index is -3.56. The van der Waals surface area contributed by atoms with Crippen molar-refractivity contribution in [3.05, 3.63) is 30.4 Å². The first-order valence-corrected chi connectivity index (χ1v) is 9.58. The molecule has 25 heavy (non-hydrogen) atoms. The van der Waals surface area contributed by atoms with Crippen molar-refractivity contribution < 1.29 is 13.2 Å².